The number of fused-ring (bicyclic) bond motifs is 1. The number of nitrogens with one attached hydrogen (secondary N) is 2. The van der Waals surface area contributed by atoms with E-state index in [9.17, 15) is 4.79 Å². The number of hydrogen-bond acceptors (Lipinski definition) is 5. The predicted molar refractivity (Wildman–Crippen MR) is 121 cm³/mol. The minimum absolute atomic E-state index is 0.0295. The first-order valence-electron chi connectivity index (χ1n) is 9.52. The molecule has 4 aromatic rings. The molecule has 0 fully saturated rings. The van der Waals surface area contributed by atoms with Crippen LogP contribution in [-0.2, 0) is 4.79 Å². The SMILES string of the molecule is Cc1cccc(NC(=O)CCNc2ncnc3sc(C)c(-c4ccccc4)c23)c1. The van der Waals surface area contributed by atoms with Crippen molar-refractivity contribution in [1.29, 1.82) is 0 Å². The van der Waals surface area contributed by atoms with Gasteiger partial charge in [0.05, 0.1) is 5.39 Å². The molecule has 2 heterocycles. The van der Waals surface area contributed by atoms with E-state index >= 15 is 0 Å². The number of rotatable bonds is 6. The maximum Gasteiger partial charge on any atom is 0.226 e. The number of benzene rings is 2. The molecule has 0 radical (unpaired) electrons. The Morgan fingerprint density at radius 1 is 1.03 bits per heavy atom. The van der Waals surface area contributed by atoms with E-state index in [1.807, 2.05) is 49.4 Å². The van der Waals surface area contributed by atoms with Crippen molar-refractivity contribution in [3.05, 3.63) is 71.4 Å². The van der Waals surface area contributed by atoms with Gasteiger partial charge in [0.2, 0.25) is 5.91 Å². The van der Waals surface area contributed by atoms with Crippen molar-refractivity contribution in [3.63, 3.8) is 0 Å². The maximum absolute atomic E-state index is 12.3. The largest absolute Gasteiger partial charge is 0.369 e. The van der Waals surface area contributed by atoms with Crippen LogP contribution >= 0.6 is 11.3 Å². The molecule has 4 rings (SSSR count). The third-order valence-electron chi connectivity index (χ3n) is 4.67. The molecule has 2 aromatic heterocycles. The monoisotopic (exact) mass is 402 g/mol. The summed E-state index contributed by atoms with van der Waals surface area (Å²) in [6.07, 6.45) is 1.92. The zero-order chi connectivity index (χ0) is 20.2. The Bertz CT molecular complexity index is 1150. The van der Waals surface area contributed by atoms with Crippen molar-refractivity contribution >= 4 is 39.0 Å². The maximum atomic E-state index is 12.3. The third-order valence-corrected chi connectivity index (χ3v) is 5.69. The summed E-state index contributed by atoms with van der Waals surface area (Å²) >= 11 is 1.66. The average molecular weight is 403 g/mol. The Labute approximate surface area is 173 Å². The Morgan fingerprint density at radius 3 is 2.66 bits per heavy atom. The summed E-state index contributed by atoms with van der Waals surface area (Å²) in [5.41, 5.74) is 4.23. The highest BCUT2D eigenvalue weighted by Crippen LogP contribution is 2.40. The summed E-state index contributed by atoms with van der Waals surface area (Å²) < 4.78 is 0. The van der Waals surface area contributed by atoms with E-state index in [1.54, 1.807) is 17.7 Å². The van der Waals surface area contributed by atoms with Gasteiger partial charge in [-0.2, -0.15) is 0 Å². The number of aromatic nitrogens is 2. The summed E-state index contributed by atoms with van der Waals surface area (Å²) in [6.45, 7) is 4.60. The van der Waals surface area contributed by atoms with Gasteiger partial charge in [-0.1, -0.05) is 42.5 Å². The van der Waals surface area contributed by atoms with E-state index < -0.39 is 0 Å². The van der Waals surface area contributed by atoms with E-state index in [0.717, 1.165) is 38.4 Å². The molecule has 0 atom stereocenters. The topological polar surface area (TPSA) is 66.9 Å². The molecule has 0 bridgehead atoms. The lowest BCUT2D eigenvalue weighted by Gasteiger charge is -2.10. The van der Waals surface area contributed by atoms with Crippen molar-refractivity contribution in [1.82, 2.24) is 9.97 Å². The fourth-order valence-corrected chi connectivity index (χ4v) is 4.38. The number of carbonyl (C=O) groups is 1. The van der Waals surface area contributed by atoms with E-state index in [4.69, 9.17) is 0 Å². The molecule has 1 amide bonds. The predicted octanol–water partition coefficient (Wildman–Crippen LogP) is 5.42. The normalized spacial score (nSPS) is 10.8. The van der Waals surface area contributed by atoms with Crippen molar-refractivity contribution in [3.8, 4) is 11.1 Å². The Balaban J connectivity index is 1.50. The summed E-state index contributed by atoms with van der Waals surface area (Å²) in [5, 5.41) is 7.29. The minimum Gasteiger partial charge on any atom is -0.369 e. The van der Waals surface area contributed by atoms with Gasteiger partial charge < -0.3 is 10.6 Å². The lowest BCUT2D eigenvalue weighted by atomic mass is 10.0. The van der Waals surface area contributed by atoms with Gasteiger partial charge >= 0.3 is 0 Å². The lowest BCUT2D eigenvalue weighted by molar-refractivity contribution is -0.115. The fourth-order valence-electron chi connectivity index (χ4n) is 3.37. The van der Waals surface area contributed by atoms with Crippen LogP contribution in [0.3, 0.4) is 0 Å². The molecule has 0 aliphatic heterocycles. The van der Waals surface area contributed by atoms with Crippen molar-refractivity contribution in [2.24, 2.45) is 0 Å². The minimum atomic E-state index is -0.0295. The molecular formula is C23H22N4OS. The Kier molecular flexibility index (Phi) is 5.53. The van der Waals surface area contributed by atoms with Gasteiger partial charge in [-0.15, -0.1) is 11.3 Å². The zero-order valence-electron chi connectivity index (χ0n) is 16.4. The first-order chi connectivity index (χ1) is 14.1. The number of thiophene rings is 1. The molecule has 0 saturated carbocycles. The third kappa shape index (κ3) is 4.27. The van der Waals surface area contributed by atoms with E-state index in [2.05, 4.69) is 39.7 Å². The fraction of sp³-hybridized carbons (Fsp3) is 0.174. The first-order valence-corrected chi connectivity index (χ1v) is 10.3. The lowest BCUT2D eigenvalue weighted by Crippen LogP contribution is -2.16. The Hall–Kier alpha value is -3.25. The molecule has 2 aromatic carbocycles. The second-order valence-electron chi connectivity index (χ2n) is 6.90. The molecule has 5 nitrogen and oxygen atoms in total. The molecule has 6 heteroatoms. The molecular weight excluding hydrogens is 380 g/mol. The summed E-state index contributed by atoms with van der Waals surface area (Å²) in [6, 6.07) is 18.1. The molecule has 0 unspecified atom stereocenters. The number of carbonyl (C=O) groups excluding carboxylic acids is 1. The van der Waals surface area contributed by atoms with Crippen LogP contribution in [0.25, 0.3) is 21.3 Å². The zero-order valence-corrected chi connectivity index (χ0v) is 17.2. The second kappa shape index (κ2) is 8.41. The van der Waals surface area contributed by atoms with E-state index in [0.29, 0.717) is 13.0 Å². The van der Waals surface area contributed by atoms with Crippen LogP contribution in [0.15, 0.2) is 60.9 Å². The van der Waals surface area contributed by atoms with Crippen molar-refractivity contribution in [2.45, 2.75) is 20.3 Å². The van der Waals surface area contributed by atoms with Gasteiger partial charge in [0.25, 0.3) is 0 Å². The average Bonchev–Trinajstić information content (AvgIpc) is 3.05. The van der Waals surface area contributed by atoms with Crippen LogP contribution in [0, 0.1) is 13.8 Å². The smallest absolute Gasteiger partial charge is 0.226 e. The molecule has 29 heavy (non-hydrogen) atoms. The van der Waals surface area contributed by atoms with Gasteiger partial charge in [-0.05, 0) is 37.1 Å². The first kappa shape index (κ1) is 19.1. The van der Waals surface area contributed by atoms with Crippen LogP contribution in [0.5, 0.6) is 0 Å². The Morgan fingerprint density at radius 2 is 1.86 bits per heavy atom. The number of hydrogen-bond donors (Lipinski definition) is 2. The number of anilines is 2. The summed E-state index contributed by atoms with van der Waals surface area (Å²) in [5.74, 6) is 0.736. The molecule has 0 aliphatic carbocycles. The van der Waals surface area contributed by atoms with Gasteiger partial charge in [-0.25, -0.2) is 9.97 Å². The quantitative estimate of drug-likeness (QED) is 0.452. The highest BCUT2D eigenvalue weighted by molar-refractivity contribution is 7.19. The molecule has 146 valence electrons. The number of nitrogens with zero attached hydrogens (tertiary/aromatic N) is 2. The number of amides is 1. The van der Waals surface area contributed by atoms with Crippen molar-refractivity contribution < 1.29 is 4.79 Å². The van der Waals surface area contributed by atoms with Gasteiger partial charge in [0.15, 0.2) is 0 Å². The second-order valence-corrected chi connectivity index (χ2v) is 8.10. The molecule has 2 N–H and O–H groups in total. The van der Waals surface area contributed by atoms with Crippen LogP contribution < -0.4 is 10.6 Å². The number of aryl methyl sites for hydroxylation is 2. The van der Waals surface area contributed by atoms with Gasteiger partial charge in [0.1, 0.15) is 17.0 Å². The molecule has 0 saturated heterocycles. The van der Waals surface area contributed by atoms with Crippen LogP contribution in [0.4, 0.5) is 11.5 Å². The summed E-state index contributed by atoms with van der Waals surface area (Å²) in [4.78, 5) is 23.3. The van der Waals surface area contributed by atoms with Gasteiger partial charge in [0, 0.05) is 29.1 Å². The van der Waals surface area contributed by atoms with Crippen LogP contribution in [0.1, 0.15) is 16.9 Å². The molecule has 0 aliphatic rings. The van der Waals surface area contributed by atoms with Gasteiger partial charge in [-0.3, -0.25) is 4.79 Å². The van der Waals surface area contributed by atoms with E-state index in [1.165, 1.54) is 4.88 Å². The van der Waals surface area contributed by atoms with Crippen LogP contribution in [0.2, 0.25) is 0 Å². The van der Waals surface area contributed by atoms with E-state index in [-0.39, 0.29) is 5.91 Å². The molecule has 0 spiro atoms. The highest BCUT2D eigenvalue weighted by Gasteiger charge is 2.16. The van der Waals surface area contributed by atoms with Crippen LogP contribution in [-0.4, -0.2) is 22.4 Å². The van der Waals surface area contributed by atoms with Crippen molar-refractivity contribution in [2.75, 3.05) is 17.2 Å². The summed E-state index contributed by atoms with van der Waals surface area (Å²) in [7, 11) is 0. The highest BCUT2D eigenvalue weighted by atomic mass is 32.1. The standard InChI is InChI=1S/C23H22N4OS/c1-15-7-6-10-18(13-15)27-19(28)11-12-24-22-21-20(17-8-4-3-5-9-17)16(2)29-23(21)26-14-25-22/h3-10,13-14H,11-12H2,1-2H3,(H,27,28)(H,24,25,26).